The van der Waals surface area contributed by atoms with Gasteiger partial charge in [0.1, 0.15) is 11.6 Å². The smallest absolute Gasteiger partial charge is 0.410 e. The van der Waals surface area contributed by atoms with Crippen LogP contribution in [0.15, 0.2) is 28.8 Å². The predicted molar refractivity (Wildman–Crippen MR) is 89.4 cm³/mol. The van der Waals surface area contributed by atoms with Gasteiger partial charge < -0.3 is 9.26 Å². The van der Waals surface area contributed by atoms with Crippen LogP contribution in [0.4, 0.5) is 4.79 Å². The van der Waals surface area contributed by atoms with Gasteiger partial charge in [-0.1, -0.05) is 35.0 Å². The highest BCUT2D eigenvalue weighted by Crippen LogP contribution is 2.33. The number of likely N-dealkylation sites (tertiary alicyclic amines) is 1. The maximum atomic E-state index is 12.4. The Labute approximate surface area is 141 Å². The molecule has 0 bridgehead atoms. The summed E-state index contributed by atoms with van der Waals surface area (Å²) in [6, 6.07) is 7.72. The molecule has 1 amide bonds. The number of amides is 1. The van der Waals surface area contributed by atoms with Crippen LogP contribution in [0.3, 0.4) is 0 Å². The SMILES string of the molecule is Cc1ccc(-c2noc([C@@H]3CCCN3C(=O)OC(C)(C)C)n2)cc1. The number of carbonyl (C=O) groups excluding carboxylic acids is 1. The molecule has 1 atom stereocenters. The van der Waals surface area contributed by atoms with Gasteiger partial charge in [0, 0.05) is 12.1 Å². The van der Waals surface area contributed by atoms with Gasteiger partial charge in [0.05, 0.1) is 0 Å². The quantitative estimate of drug-likeness (QED) is 0.829. The molecule has 0 spiro atoms. The Hall–Kier alpha value is -2.37. The van der Waals surface area contributed by atoms with Crippen LogP contribution in [0.2, 0.25) is 0 Å². The maximum absolute atomic E-state index is 12.4. The normalized spacial score (nSPS) is 18.0. The van der Waals surface area contributed by atoms with E-state index >= 15 is 0 Å². The van der Waals surface area contributed by atoms with Crippen LogP contribution in [0.5, 0.6) is 0 Å². The summed E-state index contributed by atoms with van der Waals surface area (Å²) in [6.07, 6.45) is 1.36. The second-order valence-electron chi connectivity index (χ2n) is 7.15. The third-order valence-electron chi connectivity index (χ3n) is 3.92. The highest BCUT2D eigenvalue weighted by atomic mass is 16.6. The van der Waals surface area contributed by atoms with Gasteiger partial charge in [-0.25, -0.2) is 4.79 Å². The maximum Gasteiger partial charge on any atom is 0.410 e. The summed E-state index contributed by atoms with van der Waals surface area (Å²) in [6.45, 7) is 8.25. The van der Waals surface area contributed by atoms with Crippen LogP contribution >= 0.6 is 0 Å². The lowest BCUT2D eigenvalue weighted by atomic mass is 10.1. The Bertz CT molecular complexity index is 716. The summed E-state index contributed by atoms with van der Waals surface area (Å²) < 4.78 is 10.9. The fourth-order valence-electron chi connectivity index (χ4n) is 2.75. The standard InChI is InChI=1S/C18H23N3O3/c1-12-7-9-13(10-8-12)15-19-16(24-20-15)14-6-5-11-21(14)17(22)23-18(2,3)4/h7-10,14H,5-6,11H2,1-4H3/t14-/m0/s1. The monoisotopic (exact) mass is 329 g/mol. The second kappa shape index (κ2) is 6.26. The van der Waals surface area contributed by atoms with Gasteiger partial charge in [-0.05, 0) is 40.5 Å². The van der Waals surface area contributed by atoms with Crippen LogP contribution in [0.25, 0.3) is 11.4 Å². The van der Waals surface area contributed by atoms with Crippen molar-refractivity contribution in [3.8, 4) is 11.4 Å². The second-order valence-corrected chi connectivity index (χ2v) is 7.15. The Balaban J connectivity index is 1.78. The first-order chi connectivity index (χ1) is 11.3. The topological polar surface area (TPSA) is 68.5 Å². The first-order valence-electron chi connectivity index (χ1n) is 8.24. The van der Waals surface area contributed by atoms with Crippen molar-refractivity contribution in [3.63, 3.8) is 0 Å². The zero-order valence-corrected chi connectivity index (χ0v) is 14.6. The third-order valence-corrected chi connectivity index (χ3v) is 3.92. The van der Waals surface area contributed by atoms with E-state index in [0.29, 0.717) is 18.3 Å². The lowest BCUT2D eigenvalue weighted by molar-refractivity contribution is 0.0199. The largest absolute Gasteiger partial charge is 0.444 e. The molecular weight excluding hydrogens is 306 g/mol. The van der Waals surface area contributed by atoms with Crippen LogP contribution in [0, 0.1) is 6.92 Å². The first kappa shape index (κ1) is 16.5. The number of rotatable bonds is 2. The van der Waals surface area contributed by atoms with Gasteiger partial charge in [0.25, 0.3) is 0 Å². The van der Waals surface area contributed by atoms with Crippen LogP contribution in [-0.4, -0.2) is 33.3 Å². The molecule has 24 heavy (non-hydrogen) atoms. The van der Waals surface area contributed by atoms with Gasteiger partial charge in [0.15, 0.2) is 0 Å². The van der Waals surface area contributed by atoms with Gasteiger partial charge in [-0.15, -0.1) is 0 Å². The van der Waals surface area contributed by atoms with E-state index < -0.39 is 5.60 Å². The molecule has 0 aliphatic carbocycles. The minimum atomic E-state index is -0.522. The Kier molecular flexibility index (Phi) is 4.30. The van der Waals surface area contributed by atoms with Crippen LogP contribution in [-0.2, 0) is 4.74 Å². The van der Waals surface area contributed by atoms with Crippen LogP contribution < -0.4 is 0 Å². The minimum absolute atomic E-state index is 0.216. The summed E-state index contributed by atoms with van der Waals surface area (Å²) in [4.78, 5) is 18.5. The molecule has 6 nitrogen and oxygen atoms in total. The van der Waals surface area contributed by atoms with Crippen molar-refractivity contribution in [2.75, 3.05) is 6.54 Å². The van der Waals surface area contributed by atoms with E-state index in [0.717, 1.165) is 18.4 Å². The van der Waals surface area contributed by atoms with Gasteiger partial charge in [0.2, 0.25) is 11.7 Å². The molecule has 2 heterocycles. The van der Waals surface area contributed by atoms with Crippen molar-refractivity contribution in [2.24, 2.45) is 0 Å². The molecule has 128 valence electrons. The Morgan fingerprint density at radius 3 is 2.67 bits per heavy atom. The van der Waals surface area contributed by atoms with E-state index in [9.17, 15) is 4.79 Å². The van der Waals surface area contributed by atoms with Crippen molar-refractivity contribution >= 4 is 6.09 Å². The molecule has 0 saturated carbocycles. The summed E-state index contributed by atoms with van der Waals surface area (Å²) in [7, 11) is 0. The number of carbonyl (C=O) groups is 1. The molecule has 2 aromatic rings. The zero-order valence-electron chi connectivity index (χ0n) is 14.6. The molecule has 6 heteroatoms. The third kappa shape index (κ3) is 3.58. The van der Waals surface area contributed by atoms with E-state index in [1.807, 2.05) is 52.0 Å². The lowest BCUT2D eigenvalue weighted by Gasteiger charge is -2.26. The highest BCUT2D eigenvalue weighted by molar-refractivity contribution is 5.69. The molecule has 3 rings (SSSR count). The fraction of sp³-hybridized carbons (Fsp3) is 0.500. The average molecular weight is 329 g/mol. The zero-order chi connectivity index (χ0) is 17.3. The Morgan fingerprint density at radius 2 is 2.00 bits per heavy atom. The number of benzene rings is 1. The van der Waals surface area contributed by atoms with Crippen LogP contribution in [0.1, 0.15) is 51.1 Å². The number of nitrogens with zero attached hydrogens (tertiary/aromatic N) is 3. The summed E-state index contributed by atoms with van der Waals surface area (Å²) >= 11 is 0. The summed E-state index contributed by atoms with van der Waals surface area (Å²) in [5.41, 5.74) is 1.55. The number of hydrogen-bond acceptors (Lipinski definition) is 5. The first-order valence-corrected chi connectivity index (χ1v) is 8.24. The van der Waals surface area contributed by atoms with E-state index in [1.54, 1.807) is 4.90 Å². The highest BCUT2D eigenvalue weighted by Gasteiger charge is 2.36. The van der Waals surface area contributed by atoms with Crippen molar-refractivity contribution in [2.45, 2.75) is 52.2 Å². The van der Waals surface area contributed by atoms with E-state index in [4.69, 9.17) is 9.26 Å². The van der Waals surface area contributed by atoms with Crippen molar-refractivity contribution < 1.29 is 14.1 Å². The molecule has 0 unspecified atom stereocenters. The molecular formula is C18H23N3O3. The minimum Gasteiger partial charge on any atom is -0.444 e. The molecule has 1 saturated heterocycles. The molecule has 1 aliphatic rings. The molecule has 1 fully saturated rings. The van der Waals surface area contributed by atoms with Gasteiger partial charge >= 0.3 is 6.09 Å². The summed E-state index contributed by atoms with van der Waals surface area (Å²) in [5, 5.41) is 4.06. The van der Waals surface area contributed by atoms with E-state index in [2.05, 4.69) is 10.1 Å². The fourth-order valence-corrected chi connectivity index (χ4v) is 2.75. The van der Waals surface area contributed by atoms with Crippen molar-refractivity contribution in [1.29, 1.82) is 0 Å². The van der Waals surface area contributed by atoms with E-state index in [1.165, 1.54) is 5.56 Å². The molecule has 0 radical (unpaired) electrons. The number of aryl methyl sites for hydroxylation is 1. The number of hydrogen-bond donors (Lipinski definition) is 0. The molecule has 1 aromatic heterocycles. The van der Waals surface area contributed by atoms with Crippen molar-refractivity contribution in [1.82, 2.24) is 15.0 Å². The predicted octanol–water partition coefficient (Wildman–Crippen LogP) is 4.12. The number of ether oxygens (including phenoxy) is 1. The van der Waals surface area contributed by atoms with Crippen molar-refractivity contribution in [3.05, 3.63) is 35.7 Å². The molecule has 0 N–H and O–H groups in total. The average Bonchev–Trinajstić information content (AvgIpc) is 3.15. The Morgan fingerprint density at radius 1 is 1.29 bits per heavy atom. The van der Waals surface area contributed by atoms with Gasteiger partial charge in [-0.2, -0.15) is 4.98 Å². The summed E-state index contributed by atoms with van der Waals surface area (Å²) in [5.74, 6) is 1.01. The molecule has 1 aliphatic heterocycles. The van der Waals surface area contributed by atoms with E-state index in [-0.39, 0.29) is 12.1 Å². The molecule has 1 aromatic carbocycles. The number of aromatic nitrogens is 2. The lowest BCUT2D eigenvalue weighted by Crippen LogP contribution is -2.36. The van der Waals surface area contributed by atoms with Gasteiger partial charge in [-0.3, -0.25) is 4.90 Å².